The van der Waals surface area contributed by atoms with E-state index in [2.05, 4.69) is 0 Å². The first kappa shape index (κ1) is 29.5. The van der Waals surface area contributed by atoms with Crippen molar-refractivity contribution in [3.63, 3.8) is 0 Å². The molecule has 0 aliphatic carbocycles. The van der Waals surface area contributed by atoms with Gasteiger partial charge in [-0.2, -0.15) is 0 Å². The van der Waals surface area contributed by atoms with E-state index < -0.39 is 36.4 Å². The lowest BCUT2D eigenvalue weighted by Crippen LogP contribution is -2.36. The largest absolute Gasteiger partial charge is 0.586 e. The van der Waals surface area contributed by atoms with E-state index in [0.29, 0.717) is 19.8 Å². The van der Waals surface area contributed by atoms with Crippen molar-refractivity contribution in [1.29, 1.82) is 0 Å². The van der Waals surface area contributed by atoms with Crippen LogP contribution in [0.5, 0.6) is 0 Å². The highest BCUT2D eigenvalue weighted by Gasteiger charge is 2.45. The second-order valence-electron chi connectivity index (χ2n) is 6.27. The Balaban J connectivity index is 5.62. The monoisotopic (exact) mass is 491 g/mol. The zero-order valence-electron chi connectivity index (χ0n) is 18.9. The van der Waals surface area contributed by atoms with Crippen LogP contribution in [0.15, 0.2) is 0 Å². The van der Waals surface area contributed by atoms with Gasteiger partial charge in [-0.15, -0.1) is 0 Å². The van der Waals surface area contributed by atoms with Gasteiger partial charge in [0.1, 0.15) is 0 Å². The van der Waals surface area contributed by atoms with Crippen molar-refractivity contribution in [2.75, 3.05) is 19.8 Å². The number of hydrogen-bond acceptors (Lipinski definition) is 10. The summed E-state index contributed by atoms with van der Waals surface area (Å²) < 4.78 is 63.6. The fraction of sp³-hybridized carbons (Fsp3) is 1.00. The van der Waals surface area contributed by atoms with Gasteiger partial charge in [0.25, 0.3) is 0 Å². The third-order valence-corrected chi connectivity index (χ3v) is 10.4. The maximum Gasteiger partial charge on any atom is 0.586 e. The number of hydrogen-bond donors (Lipinski definition) is 0. The molecule has 10 nitrogen and oxygen atoms in total. The molecule has 173 valence electrons. The topological polar surface area (TPSA) is 100 Å². The molecule has 0 aliphatic heterocycles. The van der Waals surface area contributed by atoms with Crippen LogP contribution in [0.1, 0.15) is 62.3 Å². The van der Waals surface area contributed by atoms with Gasteiger partial charge in [0.2, 0.25) is 0 Å². The van der Waals surface area contributed by atoms with Gasteiger partial charge >= 0.3 is 36.4 Å². The van der Waals surface area contributed by atoms with Crippen molar-refractivity contribution in [2.24, 2.45) is 0 Å². The fourth-order valence-corrected chi connectivity index (χ4v) is 8.37. The zero-order chi connectivity index (χ0) is 22.4. The van der Waals surface area contributed by atoms with Crippen LogP contribution in [-0.4, -0.2) is 66.7 Å². The van der Waals surface area contributed by atoms with Gasteiger partial charge in [-0.05, 0) is 62.3 Å². The summed E-state index contributed by atoms with van der Waals surface area (Å²) in [5.41, 5.74) is 0. The second kappa shape index (κ2) is 16.2. The molecule has 0 fully saturated rings. The van der Waals surface area contributed by atoms with E-state index >= 15 is 0 Å². The minimum Gasteiger partial charge on any atom is -0.371 e. The van der Waals surface area contributed by atoms with Gasteiger partial charge < -0.3 is 26.6 Å². The molecule has 0 aromatic carbocycles. The molecule has 0 saturated heterocycles. The summed E-state index contributed by atoms with van der Waals surface area (Å²) in [5, 5.41) is 0. The average Bonchev–Trinajstić information content (AvgIpc) is 2.53. The Morgan fingerprint density at radius 2 is 0.828 bits per heavy atom. The molecular formula is C15H36O10PSi3. The highest BCUT2D eigenvalue weighted by molar-refractivity contribution is 7.52. The summed E-state index contributed by atoms with van der Waals surface area (Å²) in [4.78, 5) is 0. The normalized spacial score (nSPS) is 13.2. The molecule has 14 heteroatoms. The van der Waals surface area contributed by atoms with Crippen molar-refractivity contribution in [3.05, 3.63) is 0 Å². The Bertz CT molecular complexity index is 396. The molecule has 0 saturated carbocycles. The van der Waals surface area contributed by atoms with Crippen LogP contribution in [-0.2, 0) is 43.8 Å². The predicted molar refractivity (Wildman–Crippen MR) is 112 cm³/mol. The third kappa shape index (κ3) is 15.0. The average molecular weight is 492 g/mol. The van der Waals surface area contributed by atoms with E-state index in [4.69, 9.17) is 39.2 Å². The predicted octanol–water partition coefficient (Wildman–Crippen LogP) is 3.48. The van der Waals surface area contributed by atoms with Crippen LogP contribution in [0.25, 0.3) is 0 Å². The van der Waals surface area contributed by atoms with Crippen molar-refractivity contribution in [2.45, 2.75) is 80.6 Å². The molecular weight excluding hydrogens is 455 g/mol. The molecule has 0 heterocycles. The molecule has 0 spiro atoms. The number of phosphoric acid groups is 1. The second-order valence-corrected chi connectivity index (χ2v) is 12.4. The molecule has 0 bridgehead atoms. The standard InChI is InChI=1S/C15H36O10PSi3/c1-10-17-27(20-13(4)5)23-26(16,24-28(18-11-2)21-14(6)7)25-29(19-12-3)22-15(8)9/h13-15H,10-12H2,1-9H3. The molecule has 0 rings (SSSR count). The van der Waals surface area contributed by atoms with E-state index in [9.17, 15) is 4.57 Å². The molecule has 0 N–H and O–H groups in total. The summed E-state index contributed by atoms with van der Waals surface area (Å²) >= 11 is 0. The van der Waals surface area contributed by atoms with E-state index in [1.165, 1.54) is 0 Å². The van der Waals surface area contributed by atoms with E-state index in [1.807, 2.05) is 41.5 Å². The van der Waals surface area contributed by atoms with Gasteiger partial charge in [-0.25, -0.2) is 4.57 Å². The van der Waals surface area contributed by atoms with Crippen LogP contribution in [0.3, 0.4) is 0 Å². The molecule has 0 aromatic heterocycles. The molecule has 3 radical (unpaired) electrons. The lowest BCUT2D eigenvalue weighted by atomic mass is 10.5. The van der Waals surface area contributed by atoms with Crippen molar-refractivity contribution in [3.8, 4) is 0 Å². The van der Waals surface area contributed by atoms with Crippen LogP contribution < -0.4 is 0 Å². The van der Waals surface area contributed by atoms with Crippen molar-refractivity contribution in [1.82, 2.24) is 0 Å². The first-order chi connectivity index (χ1) is 13.5. The first-order valence-corrected chi connectivity index (χ1v) is 14.9. The first-order valence-electron chi connectivity index (χ1n) is 9.73. The van der Waals surface area contributed by atoms with Crippen LogP contribution in [0.2, 0.25) is 0 Å². The lowest BCUT2D eigenvalue weighted by Gasteiger charge is -2.27. The molecule has 0 aromatic rings. The lowest BCUT2D eigenvalue weighted by molar-refractivity contribution is 0.0670. The number of rotatable bonds is 18. The maximum absolute atomic E-state index is 13.5. The smallest absolute Gasteiger partial charge is 0.371 e. The molecule has 29 heavy (non-hydrogen) atoms. The summed E-state index contributed by atoms with van der Waals surface area (Å²) in [6.07, 6.45) is -0.636. The summed E-state index contributed by atoms with van der Waals surface area (Å²) in [5.74, 6) is 0. The Morgan fingerprint density at radius 1 is 0.586 bits per heavy atom. The highest BCUT2D eigenvalue weighted by atomic mass is 31.2. The Labute approximate surface area is 180 Å². The SMILES string of the molecule is CCO[Si](OC(C)C)OP(=O)(O[Si](OCC)OC(C)C)O[Si](OCC)OC(C)C. The van der Waals surface area contributed by atoms with Gasteiger partial charge in [0.15, 0.2) is 0 Å². The Morgan fingerprint density at radius 3 is 1.00 bits per heavy atom. The minimum atomic E-state index is -4.26. The van der Waals surface area contributed by atoms with E-state index in [1.54, 1.807) is 20.8 Å². The Hall–Kier alpha value is 0.521. The van der Waals surface area contributed by atoms with E-state index in [-0.39, 0.29) is 18.3 Å². The van der Waals surface area contributed by atoms with Gasteiger partial charge in [0.05, 0.1) is 0 Å². The van der Waals surface area contributed by atoms with Crippen LogP contribution >= 0.6 is 7.82 Å². The van der Waals surface area contributed by atoms with Crippen molar-refractivity contribution >= 4 is 36.4 Å². The molecule has 0 atom stereocenters. The van der Waals surface area contributed by atoms with Gasteiger partial charge in [0, 0.05) is 38.1 Å². The fourth-order valence-electron chi connectivity index (χ4n) is 1.51. The van der Waals surface area contributed by atoms with E-state index in [0.717, 1.165) is 0 Å². The zero-order valence-corrected chi connectivity index (χ0v) is 22.8. The van der Waals surface area contributed by atoms with Gasteiger partial charge in [-0.3, -0.25) is 12.6 Å². The van der Waals surface area contributed by atoms with Gasteiger partial charge in [-0.1, -0.05) is 0 Å². The quantitative estimate of drug-likeness (QED) is 0.209. The summed E-state index contributed by atoms with van der Waals surface area (Å²) in [6.45, 7) is 17.1. The van der Waals surface area contributed by atoms with Crippen LogP contribution in [0.4, 0.5) is 0 Å². The molecule has 0 unspecified atom stereocenters. The minimum absolute atomic E-state index is 0.212. The molecule has 0 aliphatic rings. The molecule has 0 amide bonds. The van der Waals surface area contributed by atoms with Crippen molar-refractivity contribution < 1.29 is 43.8 Å². The van der Waals surface area contributed by atoms with Crippen LogP contribution in [0, 0.1) is 0 Å². The maximum atomic E-state index is 13.5. The third-order valence-electron chi connectivity index (χ3n) is 2.34. The Kier molecular flexibility index (Phi) is 16.5. The summed E-state index contributed by atoms with van der Waals surface area (Å²) in [7, 11) is -11.5. The summed E-state index contributed by atoms with van der Waals surface area (Å²) in [6, 6.07) is 0. The highest BCUT2D eigenvalue weighted by Crippen LogP contribution is 2.52.